The van der Waals surface area contributed by atoms with Gasteiger partial charge in [-0.2, -0.15) is 0 Å². The van der Waals surface area contributed by atoms with Crippen LogP contribution in [0.5, 0.6) is 0 Å². The van der Waals surface area contributed by atoms with Crippen molar-refractivity contribution in [3.05, 3.63) is 29.8 Å². The molecule has 106 valence electrons. The lowest BCUT2D eigenvalue weighted by molar-refractivity contribution is -0.136. The lowest BCUT2D eigenvalue weighted by Gasteiger charge is -2.24. The van der Waals surface area contributed by atoms with Gasteiger partial charge in [-0.05, 0) is 18.6 Å². The summed E-state index contributed by atoms with van der Waals surface area (Å²) in [5.41, 5.74) is 1.61. The van der Waals surface area contributed by atoms with Crippen LogP contribution in [-0.2, 0) is 4.79 Å². The average Bonchev–Trinajstić information content (AvgIpc) is 2.41. The number of terminal acetylenes is 1. The molecule has 1 rings (SSSR count). The molecule has 0 aliphatic carbocycles. The molecule has 5 heteroatoms. The van der Waals surface area contributed by atoms with Crippen LogP contribution in [-0.4, -0.2) is 30.2 Å². The summed E-state index contributed by atoms with van der Waals surface area (Å²) in [6.45, 7) is 2.35. The Hall–Kier alpha value is -2.48. The first kappa shape index (κ1) is 15.6. The molecule has 1 aromatic carbocycles. The van der Waals surface area contributed by atoms with Gasteiger partial charge < -0.3 is 10.4 Å². The van der Waals surface area contributed by atoms with Gasteiger partial charge in [0.25, 0.3) is 0 Å². The minimum absolute atomic E-state index is 0.113. The summed E-state index contributed by atoms with van der Waals surface area (Å²) in [4.78, 5) is 24.3. The average molecular weight is 274 g/mol. The molecule has 0 heterocycles. The fourth-order valence-corrected chi connectivity index (χ4v) is 1.74. The van der Waals surface area contributed by atoms with Crippen LogP contribution < -0.4 is 10.2 Å². The Kier molecular flexibility index (Phi) is 6.11. The van der Waals surface area contributed by atoms with Crippen LogP contribution in [0.1, 0.15) is 18.4 Å². The minimum Gasteiger partial charge on any atom is -0.481 e. The summed E-state index contributed by atoms with van der Waals surface area (Å²) in [5.74, 6) is 1.49. The van der Waals surface area contributed by atoms with E-state index in [2.05, 4.69) is 11.2 Å². The second kappa shape index (κ2) is 7.85. The van der Waals surface area contributed by atoms with E-state index in [0.29, 0.717) is 18.7 Å². The van der Waals surface area contributed by atoms with E-state index in [-0.39, 0.29) is 19.0 Å². The smallest absolute Gasteiger partial charge is 0.321 e. The quantitative estimate of drug-likeness (QED) is 0.616. The number of urea groups is 1. The summed E-state index contributed by atoms with van der Waals surface area (Å²) in [5, 5.41) is 11.5. The van der Waals surface area contributed by atoms with Gasteiger partial charge in [-0.25, -0.2) is 4.79 Å². The van der Waals surface area contributed by atoms with Crippen LogP contribution in [0.4, 0.5) is 10.5 Å². The number of amides is 2. The van der Waals surface area contributed by atoms with Crippen LogP contribution in [0.2, 0.25) is 0 Å². The Bertz CT molecular complexity index is 520. The lowest BCUT2D eigenvalue weighted by Crippen LogP contribution is -2.42. The molecule has 0 aliphatic rings. The zero-order valence-electron chi connectivity index (χ0n) is 11.4. The maximum Gasteiger partial charge on any atom is 0.321 e. The maximum absolute atomic E-state index is 12.1. The number of carbonyl (C=O) groups excluding carboxylic acids is 1. The number of para-hydroxylation sites is 1. The Morgan fingerprint density at radius 3 is 2.70 bits per heavy atom. The number of carboxylic acid groups (broad SMARTS) is 1. The zero-order chi connectivity index (χ0) is 15.0. The number of aryl methyl sites for hydroxylation is 1. The molecule has 2 N–H and O–H groups in total. The van der Waals surface area contributed by atoms with Crippen molar-refractivity contribution in [2.45, 2.75) is 19.8 Å². The second-order valence-electron chi connectivity index (χ2n) is 4.27. The van der Waals surface area contributed by atoms with Crippen molar-refractivity contribution in [2.75, 3.05) is 18.0 Å². The lowest BCUT2D eigenvalue weighted by atomic mass is 10.2. The van der Waals surface area contributed by atoms with Gasteiger partial charge >= 0.3 is 12.0 Å². The van der Waals surface area contributed by atoms with Gasteiger partial charge in [-0.15, -0.1) is 12.3 Å². The predicted molar refractivity (Wildman–Crippen MR) is 77.6 cm³/mol. The van der Waals surface area contributed by atoms with Crippen LogP contribution in [0.25, 0.3) is 0 Å². The van der Waals surface area contributed by atoms with Crippen LogP contribution >= 0.6 is 0 Å². The van der Waals surface area contributed by atoms with E-state index in [9.17, 15) is 9.59 Å². The number of carboxylic acids is 1. The van der Waals surface area contributed by atoms with Crippen LogP contribution in [0.15, 0.2) is 24.3 Å². The van der Waals surface area contributed by atoms with Gasteiger partial charge in [-0.3, -0.25) is 9.69 Å². The number of nitrogens with zero attached hydrogens (tertiary/aromatic N) is 1. The molecule has 0 bridgehead atoms. The van der Waals surface area contributed by atoms with Crippen molar-refractivity contribution in [3.8, 4) is 12.3 Å². The molecule has 0 fully saturated rings. The van der Waals surface area contributed by atoms with Gasteiger partial charge in [0.2, 0.25) is 0 Å². The number of carbonyl (C=O) groups is 2. The third-order valence-corrected chi connectivity index (χ3v) is 2.75. The first-order valence-electron chi connectivity index (χ1n) is 6.32. The summed E-state index contributed by atoms with van der Waals surface area (Å²) < 4.78 is 0. The number of anilines is 1. The molecule has 1 aromatic rings. The Labute approximate surface area is 118 Å². The van der Waals surface area contributed by atoms with Crippen molar-refractivity contribution < 1.29 is 14.7 Å². The largest absolute Gasteiger partial charge is 0.481 e. The molecule has 0 saturated carbocycles. The first-order valence-corrected chi connectivity index (χ1v) is 6.32. The Balaban J connectivity index is 2.85. The highest BCUT2D eigenvalue weighted by molar-refractivity contribution is 5.93. The standard InChI is InChI=1S/C15H18N2O3/c1-3-4-10-16-15(20)17(11-9-14(18)19)13-8-6-5-7-12(13)2/h1,5-8H,4,9-11H2,2H3,(H,16,20)(H,18,19). The van der Waals surface area contributed by atoms with Crippen molar-refractivity contribution in [3.63, 3.8) is 0 Å². The van der Waals surface area contributed by atoms with E-state index in [1.165, 1.54) is 4.90 Å². The van der Waals surface area contributed by atoms with Gasteiger partial charge in [0.15, 0.2) is 0 Å². The third kappa shape index (κ3) is 4.65. The van der Waals surface area contributed by atoms with E-state index < -0.39 is 5.97 Å². The second-order valence-corrected chi connectivity index (χ2v) is 4.27. The predicted octanol–water partition coefficient (Wildman–Crippen LogP) is 2.01. The molecular weight excluding hydrogens is 256 g/mol. The van der Waals surface area contributed by atoms with Crippen molar-refractivity contribution in [2.24, 2.45) is 0 Å². The van der Waals surface area contributed by atoms with E-state index in [4.69, 9.17) is 11.5 Å². The molecule has 5 nitrogen and oxygen atoms in total. The molecule has 2 amide bonds. The third-order valence-electron chi connectivity index (χ3n) is 2.75. The summed E-state index contributed by atoms with van der Waals surface area (Å²) in [7, 11) is 0. The number of rotatable bonds is 6. The van der Waals surface area contributed by atoms with E-state index in [1.807, 2.05) is 25.1 Å². The normalized spacial score (nSPS) is 9.60. The summed E-state index contributed by atoms with van der Waals surface area (Å²) >= 11 is 0. The van der Waals surface area contributed by atoms with E-state index in [1.54, 1.807) is 6.07 Å². The fourth-order valence-electron chi connectivity index (χ4n) is 1.74. The molecule has 0 unspecified atom stereocenters. The molecule has 20 heavy (non-hydrogen) atoms. The number of nitrogens with one attached hydrogen (secondary N) is 1. The molecular formula is C15H18N2O3. The van der Waals surface area contributed by atoms with Crippen LogP contribution in [0.3, 0.4) is 0 Å². The van der Waals surface area contributed by atoms with Crippen molar-refractivity contribution in [1.82, 2.24) is 5.32 Å². The molecule has 0 aliphatic heterocycles. The number of hydrogen-bond donors (Lipinski definition) is 2. The highest BCUT2D eigenvalue weighted by Gasteiger charge is 2.17. The molecule has 0 saturated heterocycles. The number of hydrogen-bond acceptors (Lipinski definition) is 2. The van der Waals surface area contributed by atoms with Gasteiger partial charge in [0.1, 0.15) is 0 Å². The number of aliphatic carboxylic acids is 1. The summed E-state index contributed by atoms with van der Waals surface area (Å²) in [6.07, 6.45) is 5.45. The van der Waals surface area contributed by atoms with E-state index in [0.717, 1.165) is 5.56 Å². The number of benzene rings is 1. The Morgan fingerprint density at radius 1 is 1.40 bits per heavy atom. The topological polar surface area (TPSA) is 69.6 Å². The molecule has 0 radical (unpaired) electrons. The maximum atomic E-state index is 12.1. The zero-order valence-corrected chi connectivity index (χ0v) is 11.4. The molecule has 0 aromatic heterocycles. The molecule has 0 atom stereocenters. The van der Waals surface area contributed by atoms with Gasteiger partial charge in [0.05, 0.1) is 6.42 Å². The van der Waals surface area contributed by atoms with Crippen LogP contribution in [0, 0.1) is 19.3 Å². The molecule has 0 spiro atoms. The van der Waals surface area contributed by atoms with Gasteiger partial charge in [0, 0.05) is 25.2 Å². The van der Waals surface area contributed by atoms with E-state index >= 15 is 0 Å². The van der Waals surface area contributed by atoms with Crippen molar-refractivity contribution >= 4 is 17.7 Å². The first-order chi connectivity index (χ1) is 9.56. The SMILES string of the molecule is C#CCCNC(=O)N(CCC(=O)O)c1ccccc1C. The van der Waals surface area contributed by atoms with Gasteiger partial charge in [-0.1, -0.05) is 18.2 Å². The summed E-state index contributed by atoms with van der Waals surface area (Å²) in [6, 6.07) is 7.00. The Morgan fingerprint density at radius 2 is 2.10 bits per heavy atom. The highest BCUT2D eigenvalue weighted by atomic mass is 16.4. The minimum atomic E-state index is -0.944. The highest BCUT2D eigenvalue weighted by Crippen LogP contribution is 2.19. The fraction of sp³-hybridized carbons (Fsp3) is 0.333. The van der Waals surface area contributed by atoms with Crippen molar-refractivity contribution in [1.29, 1.82) is 0 Å². The monoisotopic (exact) mass is 274 g/mol.